The van der Waals surface area contributed by atoms with Gasteiger partial charge < -0.3 is 20.5 Å². The highest BCUT2D eigenvalue weighted by Crippen LogP contribution is 2.22. The van der Waals surface area contributed by atoms with Crippen LogP contribution in [0.25, 0.3) is 0 Å². The van der Waals surface area contributed by atoms with E-state index in [0.717, 1.165) is 4.57 Å². The summed E-state index contributed by atoms with van der Waals surface area (Å²) < 4.78 is 0.933. The van der Waals surface area contributed by atoms with E-state index in [9.17, 15) is 14.4 Å². The maximum Gasteiger partial charge on any atom is 0.342 e. The quantitative estimate of drug-likeness (QED) is 0.569. The molecule has 1 amide bonds. The maximum absolute atomic E-state index is 11.1. The van der Waals surface area contributed by atoms with Crippen molar-refractivity contribution in [3.63, 3.8) is 0 Å². The standard InChI is InChI=1S/C9H10N2O5/c10-6(12)5-9(7(13)14,8(15)16)11-3-1-2-4-11/h1-4H,5H2,(H2,10,12)(H,13,14)(H,15,16). The summed E-state index contributed by atoms with van der Waals surface area (Å²) in [5, 5.41) is 18.0. The summed E-state index contributed by atoms with van der Waals surface area (Å²) >= 11 is 0. The Bertz CT molecular complexity index is 409. The molecule has 0 radical (unpaired) electrons. The first kappa shape index (κ1) is 11.8. The number of carboxylic acids is 2. The van der Waals surface area contributed by atoms with Crippen LogP contribution in [-0.2, 0) is 19.9 Å². The normalized spacial score (nSPS) is 11.0. The Kier molecular flexibility index (Phi) is 2.98. The molecule has 0 fully saturated rings. The van der Waals surface area contributed by atoms with E-state index in [0.29, 0.717) is 0 Å². The molecule has 0 aliphatic carbocycles. The predicted octanol–water partition coefficient (Wildman–Crippen LogP) is -0.772. The zero-order valence-electron chi connectivity index (χ0n) is 8.16. The van der Waals surface area contributed by atoms with E-state index < -0.39 is 29.8 Å². The van der Waals surface area contributed by atoms with Gasteiger partial charge in [-0.25, -0.2) is 9.59 Å². The van der Waals surface area contributed by atoms with Crippen LogP contribution in [0.3, 0.4) is 0 Å². The van der Waals surface area contributed by atoms with Gasteiger partial charge in [0.1, 0.15) is 0 Å². The highest BCUT2D eigenvalue weighted by atomic mass is 16.4. The second-order valence-corrected chi connectivity index (χ2v) is 3.20. The van der Waals surface area contributed by atoms with Gasteiger partial charge in [-0.3, -0.25) is 4.79 Å². The van der Waals surface area contributed by atoms with Crippen molar-refractivity contribution in [1.29, 1.82) is 0 Å². The topological polar surface area (TPSA) is 123 Å². The number of aromatic nitrogens is 1. The molecule has 0 aliphatic heterocycles. The lowest BCUT2D eigenvalue weighted by Crippen LogP contribution is -2.51. The fourth-order valence-electron chi connectivity index (χ4n) is 1.40. The van der Waals surface area contributed by atoms with Gasteiger partial charge in [0.2, 0.25) is 11.4 Å². The number of hydrogen-bond acceptors (Lipinski definition) is 3. The number of nitrogens with two attached hydrogens (primary N) is 1. The predicted molar refractivity (Wildman–Crippen MR) is 51.5 cm³/mol. The van der Waals surface area contributed by atoms with Crippen LogP contribution in [-0.4, -0.2) is 32.6 Å². The smallest absolute Gasteiger partial charge is 0.342 e. The van der Waals surface area contributed by atoms with Crippen LogP contribution in [0.2, 0.25) is 0 Å². The van der Waals surface area contributed by atoms with Crippen molar-refractivity contribution < 1.29 is 24.6 Å². The lowest BCUT2D eigenvalue weighted by molar-refractivity contribution is -0.164. The van der Waals surface area contributed by atoms with Crippen LogP contribution in [0.15, 0.2) is 24.5 Å². The molecule has 1 aromatic rings. The van der Waals surface area contributed by atoms with E-state index in [2.05, 4.69) is 0 Å². The second kappa shape index (κ2) is 4.05. The minimum Gasteiger partial charge on any atom is -0.479 e. The summed E-state index contributed by atoms with van der Waals surface area (Å²) in [5.74, 6) is -4.29. The van der Waals surface area contributed by atoms with Crippen LogP contribution < -0.4 is 5.73 Å². The molecule has 0 saturated heterocycles. The number of nitrogens with zero attached hydrogens (tertiary/aromatic N) is 1. The molecule has 7 heteroatoms. The van der Waals surface area contributed by atoms with Crippen molar-refractivity contribution in [3.05, 3.63) is 24.5 Å². The van der Waals surface area contributed by atoms with Crippen molar-refractivity contribution in [2.75, 3.05) is 0 Å². The van der Waals surface area contributed by atoms with E-state index in [1.165, 1.54) is 24.5 Å². The van der Waals surface area contributed by atoms with Gasteiger partial charge in [-0.1, -0.05) is 0 Å². The van der Waals surface area contributed by atoms with Gasteiger partial charge in [0.15, 0.2) is 0 Å². The third-order valence-electron chi connectivity index (χ3n) is 2.18. The molecule has 16 heavy (non-hydrogen) atoms. The Morgan fingerprint density at radius 2 is 1.56 bits per heavy atom. The minimum absolute atomic E-state index is 0.813. The molecule has 1 rings (SSSR count). The molecule has 86 valence electrons. The Hall–Kier alpha value is -2.31. The van der Waals surface area contributed by atoms with Gasteiger partial charge in [0, 0.05) is 12.4 Å². The van der Waals surface area contributed by atoms with Crippen LogP contribution in [0, 0.1) is 0 Å². The van der Waals surface area contributed by atoms with Crippen LogP contribution in [0.4, 0.5) is 0 Å². The monoisotopic (exact) mass is 226 g/mol. The first-order valence-electron chi connectivity index (χ1n) is 4.30. The fraction of sp³-hybridized carbons (Fsp3) is 0.222. The van der Waals surface area contributed by atoms with Crippen molar-refractivity contribution in [2.45, 2.75) is 12.0 Å². The van der Waals surface area contributed by atoms with E-state index in [4.69, 9.17) is 15.9 Å². The Balaban J connectivity index is 3.34. The Morgan fingerprint density at radius 1 is 1.12 bits per heavy atom. The number of carbonyl (C=O) groups is 3. The summed E-state index contributed by atoms with van der Waals surface area (Å²) in [5.41, 5.74) is 2.50. The largest absolute Gasteiger partial charge is 0.479 e. The lowest BCUT2D eigenvalue weighted by atomic mass is 9.94. The van der Waals surface area contributed by atoms with E-state index in [-0.39, 0.29) is 0 Å². The highest BCUT2D eigenvalue weighted by molar-refractivity contribution is 6.04. The minimum atomic E-state index is -2.38. The molecular formula is C9H10N2O5. The number of carbonyl (C=O) groups excluding carboxylic acids is 1. The summed E-state index contributed by atoms with van der Waals surface area (Å²) in [6.45, 7) is 0. The first-order chi connectivity index (χ1) is 7.41. The Morgan fingerprint density at radius 3 is 1.88 bits per heavy atom. The van der Waals surface area contributed by atoms with Crippen molar-refractivity contribution in [3.8, 4) is 0 Å². The summed E-state index contributed by atoms with van der Waals surface area (Å²) in [6, 6.07) is 2.92. The third kappa shape index (κ3) is 1.74. The Labute approximate surface area is 90.1 Å². The third-order valence-corrected chi connectivity index (χ3v) is 2.18. The fourth-order valence-corrected chi connectivity index (χ4v) is 1.40. The van der Waals surface area contributed by atoms with Crippen molar-refractivity contribution >= 4 is 17.8 Å². The first-order valence-corrected chi connectivity index (χ1v) is 4.30. The molecule has 0 bridgehead atoms. The molecule has 7 nitrogen and oxygen atoms in total. The molecular weight excluding hydrogens is 216 g/mol. The van der Waals surface area contributed by atoms with Gasteiger partial charge in [-0.05, 0) is 12.1 Å². The highest BCUT2D eigenvalue weighted by Gasteiger charge is 2.49. The van der Waals surface area contributed by atoms with Gasteiger partial charge in [-0.15, -0.1) is 0 Å². The number of amides is 1. The van der Waals surface area contributed by atoms with Gasteiger partial charge in [0.05, 0.1) is 6.42 Å². The number of hydrogen-bond donors (Lipinski definition) is 3. The van der Waals surface area contributed by atoms with Gasteiger partial charge >= 0.3 is 11.9 Å². The maximum atomic E-state index is 11.1. The van der Waals surface area contributed by atoms with Crippen LogP contribution in [0.1, 0.15) is 6.42 Å². The number of carboxylic acid groups (broad SMARTS) is 2. The number of primary amides is 1. The molecule has 0 spiro atoms. The van der Waals surface area contributed by atoms with Crippen molar-refractivity contribution in [2.24, 2.45) is 5.73 Å². The van der Waals surface area contributed by atoms with Gasteiger partial charge in [-0.2, -0.15) is 0 Å². The number of rotatable bonds is 5. The number of aliphatic carboxylic acids is 2. The van der Waals surface area contributed by atoms with Crippen molar-refractivity contribution in [1.82, 2.24) is 4.57 Å². The average Bonchev–Trinajstić information content (AvgIpc) is 2.65. The molecule has 0 saturated carbocycles. The summed E-state index contributed by atoms with van der Waals surface area (Å²) in [7, 11) is 0. The lowest BCUT2D eigenvalue weighted by Gasteiger charge is -2.25. The zero-order chi connectivity index (χ0) is 12.3. The van der Waals surface area contributed by atoms with E-state index in [1.54, 1.807) is 0 Å². The average molecular weight is 226 g/mol. The van der Waals surface area contributed by atoms with E-state index >= 15 is 0 Å². The van der Waals surface area contributed by atoms with Crippen LogP contribution in [0.5, 0.6) is 0 Å². The molecule has 1 heterocycles. The van der Waals surface area contributed by atoms with Crippen LogP contribution >= 0.6 is 0 Å². The molecule has 0 aromatic carbocycles. The molecule has 1 aromatic heterocycles. The summed E-state index contributed by atoms with van der Waals surface area (Å²) in [6.07, 6.45) is 1.70. The molecule has 4 N–H and O–H groups in total. The molecule has 0 atom stereocenters. The molecule has 0 unspecified atom stereocenters. The van der Waals surface area contributed by atoms with Gasteiger partial charge in [0.25, 0.3) is 0 Å². The second-order valence-electron chi connectivity index (χ2n) is 3.20. The SMILES string of the molecule is NC(=O)CC(C(=O)O)(C(=O)O)n1cccc1. The summed E-state index contributed by atoms with van der Waals surface area (Å²) in [4.78, 5) is 33.0. The van der Waals surface area contributed by atoms with E-state index in [1.807, 2.05) is 0 Å². The molecule has 0 aliphatic rings. The zero-order valence-corrected chi connectivity index (χ0v) is 8.16.